The highest BCUT2D eigenvalue weighted by Crippen LogP contribution is 2.30. The number of rotatable bonds is 5. The van der Waals surface area contributed by atoms with E-state index in [9.17, 15) is 4.79 Å². The largest absolute Gasteiger partial charge is 0.421 e. The van der Waals surface area contributed by atoms with Gasteiger partial charge >= 0.3 is 0 Å². The summed E-state index contributed by atoms with van der Waals surface area (Å²) in [5.74, 6) is 1.69. The molecule has 7 heteroatoms. The molecule has 5 rings (SSSR count). The number of piperidine rings is 1. The number of H-pyrrole nitrogens is 1. The van der Waals surface area contributed by atoms with Crippen LogP contribution < -0.4 is 0 Å². The van der Waals surface area contributed by atoms with Gasteiger partial charge in [0.1, 0.15) is 0 Å². The van der Waals surface area contributed by atoms with Crippen LogP contribution in [0.25, 0.3) is 22.4 Å². The van der Waals surface area contributed by atoms with Crippen LogP contribution in [0.4, 0.5) is 0 Å². The fourth-order valence-electron chi connectivity index (χ4n) is 3.99. The van der Waals surface area contributed by atoms with Crippen molar-refractivity contribution in [2.75, 3.05) is 13.1 Å². The molecule has 1 N–H and O–H groups in total. The van der Waals surface area contributed by atoms with Crippen molar-refractivity contribution < 1.29 is 9.21 Å². The Labute approximate surface area is 172 Å². The van der Waals surface area contributed by atoms with Crippen molar-refractivity contribution in [2.24, 2.45) is 0 Å². The minimum Gasteiger partial charge on any atom is -0.421 e. The van der Waals surface area contributed by atoms with Crippen LogP contribution in [0.2, 0.25) is 0 Å². The molecule has 1 aliphatic rings. The van der Waals surface area contributed by atoms with Crippen LogP contribution in [0.15, 0.2) is 51.6 Å². The third kappa shape index (κ3) is 3.82. The summed E-state index contributed by atoms with van der Waals surface area (Å²) >= 11 is 1.59. The number of aryl methyl sites for hydroxylation is 1. The molecule has 1 saturated heterocycles. The molecule has 0 saturated carbocycles. The van der Waals surface area contributed by atoms with Crippen LogP contribution in [0.1, 0.15) is 36.8 Å². The molecule has 0 aliphatic carbocycles. The topological polar surface area (TPSA) is 75.0 Å². The average Bonchev–Trinajstić information content (AvgIpc) is 3.52. The quantitative estimate of drug-likeness (QED) is 0.525. The highest BCUT2D eigenvalue weighted by molar-refractivity contribution is 7.08. The Morgan fingerprint density at radius 1 is 1.21 bits per heavy atom. The summed E-state index contributed by atoms with van der Waals surface area (Å²) in [5, 5.41) is 13.3. The maximum Gasteiger partial charge on any atom is 0.248 e. The van der Waals surface area contributed by atoms with Crippen LogP contribution >= 0.6 is 11.3 Å². The van der Waals surface area contributed by atoms with Crippen molar-refractivity contribution >= 4 is 28.1 Å². The van der Waals surface area contributed by atoms with Gasteiger partial charge in [-0.2, -0.15) is 11.3 Å². The first-order chi connectivity index (χ1) is 14.3. The van der Waals surface area contributed by atoms with Crippen molar-refractivity contribution in [3.05, 3.63) is 58.7 Å². The second-order valence-electron chi connectivity index (χ2n) is 7.48. The lowest BCUT2D eigenvalue weighted by Gasteiger charge is -2.31. The Bertz CT molecular complexity index is 1070. The lowest BCUT2D eigenvalue weighted by molar-refractivity contribution is -0.132. The molecule has 0 atom stereocenters. The molecule has 148 valence electrons. The van der Waals surface area contributed by atoms with Gasteiger partial charge in [-0.3, -0.25) is 4.79 Å². The van der Waals surface area contributed by atoms with E-state index in [1.54, 1.807) is 11.3 Å². The van der Waals surface area contributed by atoms with Gasteiger partial charge in [-0.15, -0.1) is 10.2 Å². The molecule has 1 fully saturated rings. The summed E-state index contributed by atoms with van der Waals surface area (Å²) < 4.78 is 5.68. The number of thiophene rings is 1. The zero-order valence-electron chi connectivity index (χ0n) is 16.0. The number of carbonyl (C=O) groups is 1. The Balaban J connectivity index is 1.14. The number of aromatic nitrogens is 3. The van der Waals surface area contributed by atoms with E-state index in [1.807, 2.05) is 21.7 Å². The average molecular weight is 407 g/mol. The third-order valence-electron chi connectivity index (χ3n) is 5.63. The zero-order valence-corrected chi connectivity index (χ0v) is 16.8. The number of nitrogens with one attached hydrogen (secondary N) is 1. The first-order valence-electron chi connectivity index (χ1n) is 9.96. The molecule has 1 amide bonds. The van der Waals surface area contributed by atoms with Gasteiger partial charge < -0.3 is 14.3 Å². The fraction of sp³-hybridized carbons (Fsp3) is 0.318. The number of likely N-dealkylation sites (tertiary alicyclic amines) is 1. The lowest BCUT2D eigenvalue weighted by Crippen LogP contribution is -2.38. The van der Waals surface area contributed by atoms with Gasteiger partial charge in [-0.1, -0.05) is 18.2 Å². The Kier molecular flexibility index (Phi) is 4.89. The normalized spacial score (nSPS) is 15.2. The van der Waals surface area contributed by atoms with Crippen LogP contribution in [-0.2, 0) is 11.2 Å². The summed E-state index contributed by atoms with van der Waals surface area (Å²) in [7, 11) is 0. The minimum atomic E-state index is 0.162. The molecule has 4 aromatic rings. The number of fused-ring (bicyclic) bond motifs is 1. The lowest BCUT2D eigenvalue weighted by atomic mass is 9.93. The van der Waals surface area contributed by atoms with Crippen molar-refractivity contribution in [1.82, 2.24) is 20.1 Å². The number of benzene rings is 1. The van der Waals surface area contributed by atoms with Gasteiger partial charge in [0.2, 0.25) is 17.7 Å². The molecule has 1 aromatic carbocycles. The predicted molar refractivity (Wildman–Crippen MR) is 113 cm³/mol. The molecule has 1 aliphatic heterocycles. The number of nitrogens with zero attached hydrogens (tertiary/aromatic N) is 3. The molecule has 4 heterocycles. The number of amides is 1. The second kappa shape index (κ2) is 7.83. The zero-order chi connectivity index (χ0) is 19.6. The third-order valence-corrected chi connectivity index (χ3v) is 6.31. The summed E-state index contributed by atoms with van der Waals surface area (Å²) in [6, 6.07) is 12.6. The predicted octanol–water partition coefficient (Wildman–Crippen LogP) is 4.62. The molecule has 0 unspecified atom stereocenters. The number of para-hydroxylation sites is 1. The van der Waals surface area contributed by atoms with Crippen LogP contribution in [-0.4, -0.2) is 39.1 Å². The smallest absolute Gasteiger partial charge is 0.248 e. The Morgan fingerprint density at radius 3 is 2.86 bits per heavy atom. The van der Waals surface area contributed by atoms with E-state index in [2.05, 4.69) is 45.5 Å². The Morgan fingerprint density at radius 2 is 2.07 bits per heavy atom. The van der Waals surface area contributed by atoms with E-state index in [4.69, 9.17) is 4.42 Å². The SMILES string of the molecule is O=C(CCc1nnc(-c2ccsc2)o1)N1CCC(c2cc3ccccc3[nH]2)CC1. The highest BCUT2D eigenvalue weighted by Gasteiger charge is 2.25. The number of hydrogen-bond acceptors (Lipinski definition) is 5. The standard InChI is InChI=1S/C22H22N4O2S/c27-21(6-5-20-24-25-22(28-20)17-9-12-29-14-17)26-10-7-15(8-11-26)19-13-16-3-1-2-4-18(16)23-19/h1-4,9,12-15,23H,5-8,10-11H2. The van der Waals surface area contributed by atoms with Crippen molar-refractivity contribution in [3.63, 3.8) is 0 Å². The van der Waals surface area contributed by atoms with E-state index >= 15 is 0 Å². The molecule has 0 spiro atoms. The Hall–Kier alpha value is -2.93. The van der Waals surface area contributed by atoms with Gasteiger partial charge in [0.05, 0.1) is 0 Å². The maximum absolute atomic E-state index is 12.6. The van der Waals surface area contributed by atoms with E-state index in [-0.39, 0.29) is 5.91 Å². The number of aromatic amines is 1. The molecular weight excluding hydrogens is 384 g/mol. The second-order valence-corrected chi connectivity index (χ2v) is 8.26. The van der Waals surface area contributed by atoms with Gasteiger partial charge in [0.25, 0.3) is 0 Å². The monoisotopic (exact) mass is 406 g/mol. The van der Waals surface area contributed by atoms with Gasteiger partial charge in [-0.25, -0.2) is 0 Å². The van der Waals surface area contributed by atoms with Crippen LogP contribution in [0.5, 0.6) is 0 Å². The van der Waals surface area contributed by atoms with E-state index in [0.29, 0.717) is 30.5 Å². The van der Waals surface area contributed by atoms with Gasteiger partial charge in [0.15, 0.2) is 0 Å². The summed E-state index contributed by atoms with van der Waals surface area (Å²) in [4.78, 5) is 18.1. The summed E-state index contributed by atoms with van der Waals surface area (Å²) in [6.45, 7) is 1.59. The molecular formula is C22H22N4O2S. The summed E-state index contributed by atoms with van der Waals surface area (Å²) in [5.41, 5.74) is 3.40. The first kappa shape index (κ1) is 18.1. The van der Waals surface area contributed by atoms with Crippen molar-refractivity contribution in [3.8, 4) is 11.5 Å². The van der Waals surface area contributed by atoms with Gasteiger partial charge in [-0.05, 0) is 41.8 Å². The fourth-order valence-corrected chi connectivity index (χ4v) is 4.61. The van der Waals surface area contributed by atoms with E-state index in [1.165, 1.54) is 16.6 Å². The number of hydrogen-bond donors (Lipinski definition) is 1. The highest BCUT2D eigenvalue weighted by atomic mass is 32.1. The molecule has 6 nitrogen and oxygen atoms in total. The van der Waals surface area contributed by atoms with E-state index < -0.39 is 0 Å². The molecule has 0 bridgehead atoms. The molecule has 29 heavy (non-hydrogen) atoms. The minimum absolute atomic E-state index is 0.162. The molecule has 0 radical (unpaired) electrons. The van der Waals surface area contributed by atoms with Crippen LogP contribution in [0.3, 0.4) is 0 Å². The summed E-state index contributed by atoms with van der Waals surface area (Å²) in [6.07, 6.45) is 2.86. The van der Waals surface area contributed by atoms with Crippen molar-refractivity contribution in [2.45, 2.75) is 31.6 Å². The van der Waals surface area contributed by atoms with Crippen molar-refractivity contribution in [1.29, 1.82) is 0 Å². The molecule has 3 aromatic heterocycles. The first-order valence-corrected chi connectivity index (χ1v) is 10.9. The maximum atomic E-state index is 12.6. The number of carbonyl (C=O) groups excluding carboxylic acids is 1. The van der Waals surface area contributed by atoms with Crippen LogP contribution in [0, 0.1) is 0 Å². The van der Waals surface area contributed by atoms with Gasteiger partial charge in [0, 0.05) is 54.0 Å². The van der Waals surface area contributed by atoms with E-state index in [0.717, 1.165) is 31.5 Å².